The van der Waals surface area contributed by atoms with Crippen LogP contribution in [0.2, 0.25) is 0 Å². The van der Waals surface area contributed by atoms with Crippen molar-refractivity contribution in [2.45, 2.75) is 49.6 Å². The van der Waals surface area contributed by atoms with Gasteiger partial charge in [0.15, 0.2) is 5.16 Å². The SMILES string of the molecule is COC(=O)c1ccc2c(=O)n(C[C@@H]3CCCO3)c(SC[C@@H]3CCCO3)nc2c1. The highest BCUT2D eigenvalue weighted by atomic mass is 32.2. The molecule has 0 bridgehead atoms. The Kier molecular flexibility index (Phi) is 5.99. The Bertz CT molecular complexity index is 917. The van der Waals surface area contributed by atoms with Crippen molar-refractivity contribution >= 4 is 28.6 Å². The van der Waals surface area contributed by atoms with Crippen LogP contribution in [-0.2, 0) is 20.8 Å². The first kappa shape index (κ1) is 19.4. The number of aromatic nitrogens is 2. The molecule has 0 spiro atoms. The smallest absolute Gasteiger partial charge is 0.337 e. The highest BCUT2D eigenvalue weighted by Crippen LogP contribution is 2.25. The van der Waals surface area contributed by atoms with Gasteiger partial charge in [-0.3, -0.25) is 9.36 Å². The van der Waals surface area contributed by atoms with Gasteiger partial charge in [0.25, 0.3) is 5.56 Å². The van der Waals surface area contributed by atoms with Crippen molar-refractivity contribution in [2.24, 2.45) is 0 Å². The van der Waals surface area contributed by atoms with E-state index in [1.54, 1.807) is 22.8 Å². The van der Waals surface area contributed by atoms with E-state index in [4.69, 9.17) is 19.2 Å². The third kappa shape index (κ3) is 4.09. The molecular formula is C20H24N2O5S. The first-order valence-corrected chi connectivity index (χ1v) is 10.6. The average molecular weight is 404 g/mol. The fourth-order valence-corrected chi connectivity index (χ4v) is 4.73. The van der Waals surface area contributed by atoms with Crippen LogP contribution in [0.3, 0.4) is 0 Å². The average Bonchev–Trinajstić information content (AvgIpc) is 3.41. The second-order valence-corrected chi connectivity index (χ2v) is 8.10. The third-order valence-corrected chi connectivity index (χ3v) is 6.28. The summed E-state index contributed by atoms with van der Waals surface area (Å²) in [5.41, 5.74) is 0.784. The van der Waals surface area contributed by atoms with E-state index in [0.29, 0.717) is 28.2 Å². The largest absolute Gasteiger partial charge is 0.465 e. The second-order valence-electron chi connectivity index (χ2n) is 7.11. The van der Waals surface area contributed by atoms with E-state index in [0.717, 1.165) is 44.6 Å². The molecule has 4 rings (SSSR count). The zero-order valence-electron chi connectivity index (χ0n) is 15.9. The van der Waals surface area contributed by atoms with Gasteiger partial charge in [-0.25, -0.2) is 9.78 Å². The third-order valence-electron chi connectivity index (χ3n) is 5.17. The molecule has 2 fully saturated rings. The molecule has 7 nitrogen and oxygen atoms in total. The van der Waals surface area contributed by atoms with Crippen molar-refractivity contribution in [1.29, 1.82) is 0 Å². The van der Waals surface area contributed by atoms with E-state index in [1.165, 1.54) is 18.9 Å². The van der Waals surface area contributed by atoms with Crippen LogP contribution >= 0.6 is 11.8 Å². The van der Waals surface area contributed by atoms with Crippen molar-refractivity contribution in [3.8, 4) is 0 Å². The molecular weight excluding hydrogens is 380 g/mol. The summed E-state index contributed by atoms with van der Waals surface area (Å²) in [6.07, 6.45) is 4.29. The molecule has 0 aliphatic carbocycles. The van der Waals surface area contributed by atoms with Gasteiger partial charge in [-0.15, -0.1) is 0 Å². The first-order chi connectivity index (χ1) is 13.7. The van der Waals surface area contributed by atoms with Crippen molar-refractivity contribution in [2.75, 3.05) is 26.1 Å². The van der Waals surface area contributed by atoms with Crippen molar-refractivity contribution in [1.82, 2.24) is 9.55 Å². The number of carbonyl (C=O) groups is 1. The summed E-state index contributed by atoms with van der Waals surface area (Å²) in [6.45, 7) is 2.03. The number of ether oxygens (including phenoxy) is 3. The summed E-state index contributed by atoms with van der Waals surface area (Å²) < 4.78 is 18.0. The zero-order valence-corrected chi connectivity index (χ0v) is 16.7. The van der Waals surface area contributed by atoms with Crippen LogP contribution < -0.4 is 5.56 Å². The maximum Gasteiger partial charge on any atom is 0.337 e. The molecule has 28 heavy (non-hydrogen) atoms. The summed E-state index contributed by atoms with van der Waals surface area (Å²) in [6, 6.07) is 4.87. The number of nitrogens with zero attached hydrogens (tertiary/aromatic N) is 2. The van der Waals surface area contributed by atoms with E-state index in [1.807, 2.05) is 0 Å². The number of hydrogen-bond acceptors (Lipinski definition) is 7. The summed E-state index contributed by atoms with van der Waals surface area (Å²) >= 11 is 1.53. The minimum absolute atomic E-state index is 0.0355. The Morgan fingerprint density at radius 1 is 1.25 bits per heavy atom. The first-order valence-electron chi connectivity index (χ1n) is 9.64. The van der Waals surface area contributed by atoms with Gasteiger partial charge < -0.3 is 14.2 Å². The Balaban J connectivity index is 1.71. The predicted molar refractivity (Wildman–Crippen MR) is 106 cm³/mol. The summed E-state index contributed by atoms with van der Waals surface area (Å²) in [7, 11) is 1.34. The Hall–Kier alpha value is -1.90. The minimum Gasteiger partial charge on any atom is -0.465 e. The second kappa shape index (κ2) is 8.63. The fourth-order valence-electron chi connectivity index (χ4n) is 3.65. The molecule has 0 saturated carbocycles. The number of thioether (sulfide) groups is 1. The minimum atomic E-state index is -0.444. The van der Waals surface area contributed by atoms with Crippen LogP contribution in [0.5, 0.6) is 0 Å². The zero-order chi connectivity index (χ0) is 19.5. The quantitative estimate of drug-likeness (QED) is 0.416. The van der Waals surface area contributed by atoms with Gasteiger partial charge in [0.1, 0.15) is 0 Å². The summed E-state index contributed by atoms with van der Waals surface area (Å²) in [4.78, 5) is 29.8. The van der Waals surface area contributed by atoms with E-state index < -0.39 is 5.97 Å². The van der Waals surface area contributed by atoms with Crippen molar-refractivity contribution < 1.29 is 19.0 Å². The fraction of sp³-hybridized carbons (Fsp3) is 0.550. The van der Waals surface area contributed by atoms with Crippen LogP contribution in [0.25, 0.3) is 10.9 Å². The normalized spacial score (nSPS) is 22.0. The molecule has 150 valence electrons. The van der Waals surface area contributed by atoms with E-state index >= 15 is 0 Å². The Labute approximate surface area is 167 Å². The highest BCUT2D eigenvalue weighted by Gasteiger charge is 2.22. The molecule has 0 amide bonds. The summed E-state index contributed by atoms with van der Waals surface area (Å²) in [5.74, 6) is 0.306. The Morgan fingerprint density at radius 2 is 2.00 bits per heavy atom. The monoisotopic (exact) mass is 404 g/mol. The summed E-state index contributed by atoms with van der Waals surface area (Å²) in [5, 5.41) is 1.14. The van der Waals surface area contributed by atoms with Gasteiger partial charge in [0.05, 0.1) is 42.3 Å². The lowest BCUT2D eigenvalue weighted by Crippen LogP contribution is -2.29. The molecule has 1 aromatic heterocycles. The van der Waals surface area contributed by atoms with Gasteiger partial charge in [0, 0.05) is 19.0 Å². The molecule has 3 heterocycles. The van der Waals surface area contributed by atoms with Gasteiger partial charge in [-0.05, 0) is 43.9 Å². The Morgan fingerprint density at radius 3 is 2.68 bits per heavy atom. The van der Waals surface area contributed by atoms with Crippen LogP contribution in [0.1, 0.15) is 36.0 Å². The number of methoxy groups -OCH3 is 1. The molecule has 2 saturated heterocycles. The standard InChI is InChI=1S/C20H24N2O5S/c1-25-19(24)13-6-7-16-17(10-13)21-20(28-12-15-5-3-9-27-15)22(18(16)23)11-14-4-2-8-26-14/h6-7,10,14-15H,2-5,8-9,11-12H2,1H3/t14-,15-/m0/s1. The van der Waals surface area contributed by atoms with Crippen LogP contribution in [0.4, 0.5) is 0 Å². The predicted octanol–water partition coefficient (Wildman–Crippen LogP) is 2.63. The lowest BCUT2D eigenvalue weighted by atomic mass is 10.1. The maximum absolute atomic E-state index is 13.2. The number of rotatable bonds is 6. The van der Waals surface area contributed by atoms with Crippen LogP contribution in [0.15, 0.2) is 28.2 Å². The van der Waals surface area contributed by atoms with E-state index in [-0.39, 0.29) is 17.8 Å². The lowest BCUT2D eigenvalue weighted by Gasteiger charge is -2.17. The molecule has 1 aromatic carbocycles. The molecule has 2 atom stereocenters. The molecule has 2 aliphatic rings. The maximum atomic E-state index is 13.2. The van der Waals surface area contributed by atoms with Gasteiger partial charge in [0.2, 0.25) is 0 Å². The topological polar surface area (TPSA) is 79.7 Å². The van der Waals surface area contributed by atoms with Gasteiger partial charge in [-0.1, -0.05) is 11.8 Å². The number of benzene rings is 1. The van der Waals surface area contributed by atoms with Crippen molar-refractivity contribution in [3.63, 3.8) is 0 Å². The van der Waals surface area contributed by atoms with Gasteiger partial charge >= 0.3 is 5.97 Å². The van der Waals surface area contributed by atoms with Crippen LogP contribution in [-0.4, -0.2) is 53.8 Å². The van der Waals surface area contributed by atoms with E-state index in [2.05, 4.69) is 0 Å². The number of esters is 1. The molecule has 0 unspecified atom stereocenters. The lowest BCUT2D eigenvalue weighted by molar-refractivity contribution is 0.0601. The molecule has 2 aromatic rings. The number of hydrogen-bond donors (Lipinski definition) is 0. The highest BCUT2D eigenvalue weighted by molar-refractivity contribution is 7.99. The van der Waals surface area contributed by atoms with Crippen molar-refractivity contribution in [3.05, 3.63) is 34.1 Å². The number of fused-ring (bicyclic) bond motifs is 1. The molecule has 0 N–H and O–H groups in total. The molecule has 0 radical (unpaired) electrons. The molecule has 8 heteroatoms. The van der Waals surface area contributed by atoms with Gasteiger partial charge in [-0.2, -0.15) is 0 Å². The molecule has 2 aliphatic heterocycles. The number of carbonyl (C=O) groups excluding carboxylic acids is 1. The van der Waals surface area contributed by atoms with Crippen LogP contribution in [0, 0.1) is 0 Å². The van der Waals surface area contributed by atoms with E-state index in [9.17, 15) is 9.59 Å².